The van der Waals surface area contributed by atoms with Gasteiger partial charge in [0, 0.05) is 11.4 Å². The summed E-state index contributed by atoms with van der Waals surface area (Å²) >= 11 is 0. The highest BCUT2D eigenvalue weighted by Crippen LogP contribution is 2.44. The third-order valence-corrected chi connectivity index (χ3v) is 5.75. The molecule has 148 valence electrons. The molecular formula is C23H24N4O2. The van der Waals surface area contributed by atoms with Gasteiger partial charge in [0.05, 0.1) is 23.2 Å². The Kier molecular flexibility index (Phi) is 4.57. The number of nitrogens with zero attached hydrogens (tertiary/aromatic N) is 4. The highest BCUT2D eigenvalue weighted by atomic mass is 16.2. The molecule has 2 heterocycles. The molecule has 2 aromatic carbocycles. The number of hydrogen-bond donors (Lipinski definition) is 0. The normalized spacial score (nSPS) is 22.2. The van der Waals surface area contributed by atoms with Crippen LogP contribution in [0.1, 0.15) is 27.7 Å². The van der Waals surface area contributed by atoms with Gasteiger partial charge in [0.25, 0.3) is 11.8 Å². The van der Waals surface area contributed by atoms with E-state index in [1.165, 1.54) is 10.0 Å². The third-order valence-electron chi connectivity index (χ3n) is 5.75. The Hall–Kier alpha value is -3.28. The van der Waals surface area contributed by atoms with Gasteiger partial charge < -0.3 is 0 Å². The minimum Gasteiger partial charge on any atom is -0.272 e. The van der Waals surface area contributed by atoms with Gasteiger partial charge in [0.15, 0.2) is 0 Å². The number of carbonyl (C=O) groups excluding carboxylic acids is 2. The maximum Gasteiger partial charge on any atom is 0.256 e. The molecular weight excluding hydrogens is 364 g/mol. The molecule has 6 heteroatoms. The molecule has 2 aromatic rings. The molecule has 0 saturated heterocycles. The van der Waals surface area contributed by atoms with Crippen molar-refractivity contribution in [1.82, 2.24) is 0 Å². The molecule has 0 bridgehead atoms. The van der Waals surface area contributed by atoms with Gasteiger partial charge in [-0.15, -0.1) is 0 Å². The van der Waals surface area contributed by atoms with Crippen LogP contribution in [0.25, 0.3) is 0 Å². The van der Waals surface area contributed by atoms with Crippen molar-refractivity contribution in [2.75, 3.05) is 10.0 Å². The quantitative estimate of drug-likeness (QED) is 0.792. The second-order valence-corrected chi connectivity index (χ2v) is 8.14. The Bertz CT molecular complexity index is 930. The predicted molar refractivity (Wildman–Crippen MR) is 115 cm³/mol. The van der Waals surface area contributed by atoms with Gasteiger partial charge in [0.1, 0.15) is 0 Å². The van der Waals surface area contributed by atoms with Crippen LogP contribution in [-0.2, 0) is 9.59 Å². The molecule has 4 rings (SSSR count). The Labute approximate surface area is 170 Å². The second kappa shape index (κ2) is 6.95. The van der Waals surface area contributed by atoms with Crippen molar-refractivity contribution in [1.29, 1.82) is 0 Å². The highest BCUT2D eigenvalue weighted by molar-refractivity contribution is 6.19. The van der Waals surface area contributed by atoms with Crippen molar-refractivity contribution in [3.63, 3.8) is 0 Å². The lowest BCUT2D eigenvalue weighted by Gasteiger charge is -2.35. The van der Waals surface area contributed by atoms with Crippen LogP contribution in [0.3, 0.4) is 0 Å². The largest absolute Gasteiger partial charge is 0.272 e. The van der Waals surface area contributed by atoms with E-state index in [4.69, 9.17) is 0 Å². The maximum absolute atomic E-state index is 13.3. The van der Waals surface area contributed by atoms with Crippen LogP contribution in [0, 0.1) is 17.3 Å². The number of para-hydroxylation sites is 2. The van der Waals surface area contributed by atoms with Gasteiger partial charge in [-0.25, -0.2) is 10.0 Å². The molecule has 0 spiro atoms. The van der Waals surface area contributed by atoms with E-state index >= 15 is 0 Å². The maximum atomic E-state index is 13.3. The second-order valence-electron chi connectivity index (χ2n) is 8.14. The van der Waals surface area contributed by atoms with Crippen LogP contribution in [0.2, 0.25) is 0 Å². The molecule has 2 aliphatic heterocycles. The average molecular weight is 388 g/mol. The van der Waals surface area contributed by atoms with E-state index in [1.54, 1.807) is 0 Å². The van der Waals surface area contributed by atoms with Gasteiger partial charge in [-0.3, -0.25) is 9.59 Å². The third kappa shape index (κ3) is 3.05. The summed E-state index contributed by atoms with van der Waals surface area (Å²) in [5.74, 6) is -1.23. The molecule has 29 heavy (non-hydrogen) atoms. The minimum absolute atomic E-state index is 0.113. The Morgan fingerprint density at radius 2 is 1.03 bits per heavy atom. The summed E-state index contributed by atoms with van der Waals surface area (Å²) in [4.78, 5) is 26.7. The lowest BCUT2D eigenvalue weighted by atomic mass is 9.66. The zero-order chi connectivity index (χ0) is 20.8. The molecule has 0 saturated carbocycles. The van der Waals surface area contributed by atoms with Crippen LogP contribution in [-0.4, -0.2) is 23.2 Å². The molecule has 2 amide bonds. The summed E-state index contributed by atoms with van der Waals surface area (Å²) in [5, 5.41) is 11.9. The Morgan fingerprint density at radius 3 is 1.38 bits per heavy atom. The number of amides is 2. The fourth-order valence-corrected chi connectivity index (χ4v) is 4.52. The topological polar surface area (TPSA) is 65.3 Å². The molecule has 0 fully saturated rings. The number of benzene rings is 2. The van der Waals surface area contributed by atoms with Crippen molar-refractivity contribution in [2.24, 2.45) is 27.5 Å². The first-order chi connectivity index (χ1) is 13.8. The monoisotopic (exact) mass is 388 g/mol. The van der Waals surface area contributed by atoms with Crippen LogP contribution in [0.15, 0.2) is 70.9 Å². The first-order valence-electron chi connectivity index (χ1n) is 9.70. The standard InChI is InChI=1S/C23H24N4O2/c1-15-19(21(28)26(24-15)17-11-7-5-8-12-17)23(3,4)20-16(2)25-27(22(20)29)18-13-9-6-10-14-18/h5-14,19-20H,1-4H3/t19-,20-/m0/s1. The molecule has 2 aliphatic rings. The lowest BCUT2D eigenvalue weighted by molar-refractivity contribution is -0.126. The Morgan fingerprint density at radius 1 is 0.690 bits per heavy atom. The highest BCUT2D eigenvalue weighted by Gasteiger charge is 2.54. The van der Waals surface area contributed by atoms with E-state index in [0.29, 0.717) is 11.4 Å². The smallest absolute Gasteiger partial charge is 0.256 e. The number of hydrogen-bond acceptors (Lipinski definition) is 4. The summed E-state index contributed by atoms with van der Waals surface area (Å²) in [6.07, 6.45) is 0. The van der Waals surface area contributed by atoms with Crippen LogP contribution in [0.4, 0.5) is 11.4 Å². The first-order valence-corrected chi connectivity index (χ1v) is 9.70. The lowest BCUT2D eigenvalue weighted by Crippen LogP contribution is -2.47. The van der Waals surface area contributed by atoms with E-state index in [2.05, 4.69) is 10.2 Å². The van der Waals surface area contributed by atoms with Crippen molar-refractivity contribution in [2.45, 2.75) is 27.7 Å². The summed E-state index contributed by atoms with van der Waals surface area (Å²) in [6.45, 7) is 7.63. The van der Waals surface area contributed by atoms with Gasteiger partial charge >= 0.3 is 0 Å². The van der Waals surface area contributed by atoms with Crippen molar-refractivity contribution >= 4 is 34.6 Å². The minimum atomic E-state index is -0.678. The summed E-state index contributed by atoms with van der Waals surface area (Å²) < 4.78 is 0. The Balaban J connectivity index is 1.65. The zero-order valence-electron chi connectivity index (χ0n) is 17.0. The first kappa shape index (κ1) is 19.1. The van der Waals surface area contributed by atoms with Crippen molar-refractivity contribution in [3.05, 3.63) is 60.7 Å². The summed E-state index contributed by atoms with van der Waals surface area (Å²) in [6, 6.07) is 18.7. The average Bonchev–Trinajstić information content (AvgIpc) is 3.18. The molecule has 0 unspecified atom stereocenters. The number of anilines is 2. The van der Waals surface area contributed by atoms with E-state index in [9.17, 15) is 9.59 Å². The zero-order valence-corrected chi connectivity index (χ0v) is 17.0. The van der Waals surface area contributed by atoms with Crippen LogP contribution >= 0.6 is 0 Å². The number of rotatable bonds is 4. The van der Waals surface area contributed by atoms with E-state index in [-0.39, 0.29) is 11.8 Å². The fraction of sp³-hybridized carbons (Fsp3) is 0.304. The van der Waals surface area contributed by atoms with Gasteiger partial charge in [-0.2, -0.15) is 10.2 Å². The van der Waals surface area contributed by atoms with E-state index < -0.39 is 17.3 Å². The van der Waals surface area contributed by atoms with Gasteiger partial charge in [0.2, 0.25) is 0 Å². The molecule has 2 atom stereocenters. The van der Waals surface area contributed by atoms with Crippen molar-refractivity contribution in [3.8, 4) is 0 Å². The van der Waals surface area contributed by atoms with E-state index in [0.717, 1.165) is 11.4 Å². The SMILES string of the molecule is CC1=NN(c2ccccc2)C(=O)[C@H]1C(C)(C)[C@@H]1C(=O)N(c2ccccc2)N=C1C. The van der Waals surface area contributed by atoms with Gasteiger partial charge in [-0.1, -0.05) is 50.2 Å². The number of carbonyl (C=O) groups is 2. The molecule has 0 N–H and O–H groups in total. The fourth-order valence-electron chi connectivity index (χ4n) is 4.52. The molecule has 0 aliphatic carbocycles. The molecule has 0 radical (unpaired) electrons. The van der Waals surface area contributed by atoms with Crippen LogP contribution in [0.5, 0.6) is 0 Å². The van der Waals surface area contributed by atoms with Crippen molar-refractivity contribution < 1.29 is 9.59 Å². The molecule has 6 nitrogen and oxygen atoms in total. The summed E-state index contributed by atoms with van der Waals surface area (Å²) in [7, 11) is 0. The molecule has 0 aromatic heterocycles. The predicted octanol–water partition coefficient (Wildman–Crippen LogP) is 4.09. The van der Waals surface area contributed by atoms with E-state index in [1.807, 2.05) is 88.4 Å². The van der Waals surface area contributed by atoms with Crippen LogP contribution < -0.4 is 10.0 Å². The summed E-state index contributed by atoms with van der Waals surface area (Å²) in [5.41, 5.74) is 2.20. The van der Waals surface area contributed by atoms with Gasteiger partial charge in [-0.05, 0) is 43.5 Å². The number of hydrazone groups is 2.